The minimum absolute atomic E-state index is 0.846. The quantitative estimate of drug-likeness (QED) is 0.600. The van der Waals surface area contributed by atoms with Crippen LogP contribution in [0.4, 0.5) is 0 Å². The van der Waals surface area contributed by atoms with Crippen molar-refractivity contribution in [1.29, 1.82) is 5.26 Å². The molecule has 15 heavy (non-hydrogen) atoms. The summed E-state index contributed by atoms with van der Waals surface area (Å²) >= 11 is 2.26. The molecule has 0 amide bonds. The Balaban J connectivity index is 2.65. The molecule has 0 aliphatic carbocycles. The third-order valence-electron chi connectivity index (χ3n) is 2.17. The summed E-state index contributed by atoms with van der Waals surface area (Å²) in [6.45, 7) is 1.99. The van der Waals surface area contributed by atoms with E-state index in [0.29, 0.717) is 0 Å². The van der Waals surface area contributed by atoms with Gasteiger partial charge in [0, 0.05) is 21.5 Å². The average molecular weight is 309 g/mol. The van der Waals surface area contributed by atoms with Crippen LogP contribution in [0.3, 0.4) is 0 Å². The van der Waals surface area contributed by atoms with E-state index in [9.17, 15) is 0 Å². The molecule has 0 saturated carbocycles. The van der Waals surface area contributed by atoms with Gasteiger partial charge in [-0.15, -0.1) is 0 Å². The van der Waals surface area contributed by atoms with Crippen molar-refractivity contribution >= 4 is 34.3 Å². The van der Waals surface area contributed by atoms with E-state index in [-0.39, 0.29) is 0 Å². The van der Waals surface area contributed by atoms with E-state index in [4.69, 9.17) is 5.26 Å². The summed E-state index contributed by atoms with van der Waals surface area (Å²) in [7, 11) is 0. The predicted molar refractivity (Wildman–Crippen MR) is 67.3 cm³/mol. The van der Waals surface area contributed by atoms with Gasteiger partial charge in [0.2, 0.25) is 0 Å². The first kappa shape index (κ1) is 10.2. The summed E-state index contributed by atoms with van der Waals surface area (Å²) < 4.78 is 3.19. The molecule has 3 nitrogen and oxygen atoms in total. The predicted octanol–water partition coefficient (Wildman–Crippen LogP) is 2.78. The average Bonchev–Trinajstić information content (AvgIpc) is 2.53. The molecule has 2 heterocycles. The van der Waals surface area contributed by atoms with E-state index in [0.717, 1.165) is 20.6 Å². The van der Waals surface area contributed by atoms with Crippen LogP contribution in [-0.4, -0.2) is 9.38 Å². The Bertz CT molecular complexity index is 575. The number of pyridine rings is 1. The molecule has 0 atom stereocenters. The molecule has 0 aliphatic heterocycles. The summed E-state index contributed by atoms with van der Waals surface area (Å²) in [4.78, 5) is 4.41. The van der Waals surface area contributed by atoms with E-state index >= 15 is 0 Å². The lowest BCUT2D eigenvalue weighted by Crippen LogP contribution is -1.87. The van der Waals surface area contributed by atoms with Crippen LogP contribution >= 0.6 is 22.6 Å². The minimum Gasteiger partial charge on any atom is -0.303 e. The van der Waals surface area contributed by atoms with Crippen molar-refractivity contribution in [3.05, 3.63) is 39.4 Å². The highest BCUT2D eigenvalue weighted by atomic mass is 127. The molecule has 2 rings (SSSR count). The van der Waals surface area contributed by atoms with Gasteiger partial charge in [-0.05, 0) is 47.7 Å². The summed E-state index contributed by atoms with van der Waals surface area (Å²) in [6, 6.07) is 5.95. The smallest absolute Gasteiger partial charge is 0.137 e. The Morgan fingerprint density at radius 1 is 1.53 bits per heavy atom. The van der Waals surface area contributed by atoms with Crippen LogP contribution in [0.1, 0.15) is 11.4 Å². The van der Waals surface area contributed by atoms with E-state index in [1.807, 2.05) is 35.7 Å². The molecule has 0 spiro atoms. The van der Waals surface area contributed by atoms with Crippen molar-refractivity contribution in [2.24, 2.45) is 0 Å². The summed E-state index contributed by atoms with van der Waals surface area (Å²) in [5.41, 5.74) is 2.80. The number of nitriles is 1. The minimum atomic E-state index is 0.846. The molecule has 74 valence electrons. The Kier molecular flexibility index (Phi) is 2.73. The van der Waals surface area contributed by atoms with Crippen LogP contribution in [-0.2, 0) is 0 Å². The number of hydrogen-bond acceptors (Lipinski definition) is 2. The summed E-state index contributed by atoms with van der Waals surface area (Å²) in [5, 5.41) is 8.46. The molecule has 0 aromatic carbocycles. The lowest BCUT2D eigenvalue weighted by atomic mass is 10.3. The molecular weight excluding hydrogens is 301 g/mol. The first-order chi connectivity index (χ1) is 7.22. The lowest BCUT2D eigenvalue weighted by Gasteiger charge is -1.96. The second-order valence-electron chi connectivity index (χ2n) is 3.12. The zero-order chi connectivity index (χ0) is 10.8. The van der Waals surface area contributed by atoms with Gasteiger partial charge in [-0.2, -0.15) is 5.26 Å². The Labute approximate surface area is 101 Å². The summed E-state index contributed by atoms with van der Waals surface area (Å²) in [6.07, 6.45) is 5.21. The Morgan fingerprint density at radius 3 is 3.07 bits per heavy atom. The van der Waals surface area contributed by atoms with Gasteiger partial charge in [0.1, 0.15) is 5.65 Å². The van der Waals surface area contributed by atoms with E-state index in [1.54, 1.807) is 6.08 Å². The fraction of sp³-hybridized carbons (Fsp3) is 0.0909. The fourth-order valence-corrected chi connectivity index (χ4v) is 1.89. The van der Waals surface area contributed by atoms with Crippen molar-refractivity contribution in [3.8, 4) is 6.07 Å². The van der Waals surface area contributed by atoms with Crippen LogP contribution in [0, 0.1) is 21.8 Å². The van der Waals surface area contributed by atoms with Crippen molar-refractivity contribution in [1.82, 2.24) is 9.38 Å². The standard InChI is InChI=1S/C11H8IN3/c1-8-10(3-2-6-13)14-11-5-4-9(12)7-15(8)11/h2-5,7H,1H3. The molecule has 2 aromatic heterocycles. The van der Waals surface area contributed by atoms with Gasteiger partial charge in [0.25, 0.3) is 0 Å². The van der Waals surface area contributed by atoms with Crippen LogP contribution in [0.5, 0.6) is 0 Å². The maximum Gasteiger partial charge on any atom is 0.137 e. The number of rotatable bonds is 1. The van der Waals surface area contributed by atoms with Crippen molar-refractivity contribution in [2.75, 3.05) is 0 Å². The van der Waals surface area contributed by atoms with Gasteiger partial charge in [-0.1, -0.05) is 0 Å². The first-order valence-corrected chi connectivity index (χ1v) is 5.50. The number of allylic oxidation sites excluding steroid dienone is 1. The maximum absolute atomic E-state index is 8.46. The third-order valence-corrected chi connectivity index (χ3v) is 2.81. The molecule has 0 bridgehead atoms. The second kappa shape index (κ2) is 4.03. The number of aryl methyl sites for hydroxylation is 1. The number of hydrogen-bond donors (Lipinski definition) is 0. The highest BCUT2D eigenvalue weighted by Crippen LogP contribution is 2.15. The van der Waals surface area contributed by atoms with Crippen molar-refractivity contribution < 1.29 is 0 Å². The van der Waals surface area contributed by atoms with Crippen molar-refractivity contribution in [3.63, 3.8) is 0 Å². The maximum atomic E-state index is 8.46. The SMILES string of the molecule is Cc1c(C=CC#N)nc2ccc(I)cn12. The molecule has 0 aliphatic rings. The first-order valence-electron chi connectivity index (χ1n) is 4.43. The third kappa shape index (κ3) is 1.88. The van der Waals surface area contributed by atoms with Gasteiger partial charge >= 0.3 is 0 Å². The van der Waals surface area contributed by atoms with E-state index in [1.165, 1.54) is 6.08 Å². The topological polar surface area (TPSA) is 41.1 Å². The molecule has 0 fully saturated rings. The molecule has 0 saturated heterocycles. The van der Waals surface area contributed by atoms with E-state index < -0.39 is 0 Å². The zero-order valence-corrected chi connectivity index (χ0v) is 10.3. The van der Waals surface area contributed by atoms with E-state index in [2.05, 4.69) is 27.6 Å². The van der Waals surface area contributed by atoms with Crippen LogP contribution in [0.15, 0.2) is 24.4 Å². The van der Waals surface area contributed by atoms with Gasteiger partial charge in [0.15, 0.2) is 0 Å². The van der Waals surface area contributed by atoms with Crippen LogP contribution in [0.2, 0.25) is 0 Å². The monoisotopic (exact) mass is 309 g/mol. The second-order valence-corrected chi connectivity index (χ2v) is 4.37. The van der Waals surface area contributed by atoms with Gasteiger partial charge < -0.3 is 4.40 Å². The number of fused-ring (bicyclic) bond motifs is 1. The zero-order valence-electron chi connectivity index (χ0n) is 8.11. The molecular formula is C11H8IN3. The normalized spacial score (nSPS) is 11.0. The molecule has 0 radical (unpaired) electrons. The molecule has 0 unspecified atom stereocenters. The Morgan fingerprint density at radius 2 is 2.33 bits per heavy atom. The number of imidazole rings is 1. The summed E-state index contributed by atoms with van der Waals surface area (Å²) in [5.74, 6) is 0. The molecule has 0 N–H and O–H groups in total. The largest absolute Gasteiger partial charge is 0.303 e. The number of aromatic nitrogens is 2. The number of halogens is 1. The van der Waals surface area contributed by atoms with Crippen LogP contribution < -0.4 is 0 Å². The highest BCUT2D eigenvalue weighted by molar-refractivity contribution is 14.1. The van der Waals surface area contributed by atoms with Crippen LogP contribution in [0.25, 0.3) is 11.7 Å². The van der Waals surface area contributed by atoms with Gasteiger partial charge in [-0.25, -0.2) is 4.98 Å². The van der Waals surface area contributed by atoms with Crippen molar-refractivity contribution in [2.45, 2.75) is 6.92 Å². The Hall–Kier alpha value is -1.35. The fourth-order valence-electron chi connectivity index (χ4n) is 1.43. The van der Waals surface area contributed by atoms with Gasteiger partial charge in [-0.3, -0.25) is 0 Å². The number of nitrogens with zero attached hydrogens (tertiary/aromatic N) is 3. The highest BCUT2D eigenvalue weighted by Gasteiger charge is 2.04. The lowest BCUT2D eigenvalue weighted by molar-refractivity contribution is 1.10. The molecule has 2 aromatic rings. The van der Waals surface area contributed by atoms with Gasteiger partial charge in [0.05, 0.1) is 11.8 Å². The molecule has 4 heteroatoms.